The van der Waals surface area contributed by atoms with E-state index >= 15 is 0 Å². The van der Waals surface area contributed by atoms with Crippen LogP contribution >= 0.6 is 27.5 Å². The van der Waals surface area contributed by atoms with Crippen molar-refractivity contribution in [3.05, 3.63) is 58.2 Å². The van der Waals surface area contributed by atoms with Gasteiger partial charge in [0.15, 0.2) is 0 Å². The van der Waals surface area contributed by atoms with Gasteiger partial charge in [0.1, 0.15) is 11.9 Å². The average molecular weight is 505 g/mol. The third-order valence-corrected chi connectivity index (χ3v) is 5.87. The van der Waals surface area contributed by atoms with Gasteiger partial charge in [-0.3, -0.25) is 4.68 Å². The molecule has 2 heterocycles. The Bertz CT molecular complexity index is 1040. The zero-order chi connectivity index (χ0) is 21.8. The Labute approximate surface area is 194 Å². The molecule has 0 saturated carbocycles. The molecule has 3 aromatic rings. The van der Waals surface area contributed by atoms with Gasteiger partial charge in [-0.15, -0.1) is 0 Å². The SMILES string of the molecule is Cn1ncc(Br)c1-c1cc(NC(=O)Nc2ccc(Cl)cc2)ccc1OC1CCCNC1. The van der Waals surface area contributed by atoms with Crippen LogP contribution in [-0.2, 0) is 7.05 Å². The molecule has 0 radical (unpaired) electrons. The summed E-state index contributed by atoms with van der Waals surface area (Å²) < 4.78 is 8.95. The van der Waals surface area contributed by atoms with Gasteiger partial charge in [0.2, 0.25) is 0 Å². The second-order valence-electron chi connectivity index (χ2n) is 7.35. The molecule has 1 saturated heterocycles. The molecular formula is C22H23BrClN5O2. The molecule has 162 valence electrons. The van der Waals surface area contributed by atoms with Gasteiger partial charge in [-0.2, -0.15) is 5.10 Å². The van der Waals surface area contributed by atoms with Crippen molar-refractivity contribution in [2.75, 3.05) is 23.7 Å². The number of amides is 2. The number of carbonyl (C=O) groups excluding carboxylic acids is 1. The number of halogens is 2. The standard InChI is InChI=1S/C22H23BrClN5O2/c1-29-21(19(23)13-26-29)18-11-16(8-9-20(18)31-17-3-2-10-25-12-17)28-22(30)27-15-6-4-14(24)5-7-15/h4-9,11,13,17,25H,2-3,10,12H2,1H3,(H2,27,28,30). The maximum atomic E-state index is 12.5. The number of ether oxygens (including phenoxy) is 1. The largest absolute Gasteiger partial charge is 0.488 e. The Balaban J connectivity index is 1.58. The number of urea groups is 1. The smallest absolute Gasteiger partial charge is 0.323 e. The van der Waals surface area contributed by atoms with E-state index in [0.717, 1.165) is 47.4 Å². The number of benzene rings is 2. The Morgan fingerprint density at radius 1 is 1.23 bits per heavy atom. The first kappa shape index (κ1) is 21.7. The highest BCUT2D eigenvalue weighted by Gasteiger charge is 2.20. The number of rotatable bonds is 5. The van der Waals surface area contributed by atoms with Crippen LogP contribution in [0.3, 0.4) is 0 Å². The first-order chi connectivity index (χ1) is 15.0. The van der Waals surface area contributed by atoms with Crippen molar-refractivity contribution in [3.8, 4) is 17.0 Å². The fourth-order valence-electron chi connectivity index (χ4n) is 3.54. The maximum absolute atomic E-state index is 12.5. The van der Waals surface area contributed by atoms with Crippen molar-refractivity contribution in [1.82, 2.24) is 15.1 Å². The van der Waals surface area contributed by atoms with Crippen molar-refractivity contribution in [2.45, 2.75) is 18.9 Å². The molecule has 4 rings (SSSR count). The summed E-state index contributed by atoms with van der Waals surface area (Å²) in [5, 5.41) is 14.0. The quantitative estimate of drug-likeness (QED) is 0.442. The lowest BCUT2D eigenvalue weighted by Crippen LogP contribution is -2.37. The first-order valence-corrected chi connectivity index (χ1v) is 11.2. The van der Waals surface area contributed by atoms with Gasteiger partial charge in [0.05, 0.1) is 16.4 Å². The topological polar surface area (TPSA) is 80.2 Å². The van der Waals surface area contributed by atoms with E-state index in [1.807, 2.05) is 25.2 Å². The van der Waals surface area contributed by atoms with Crippen molar-refractivity contribution in [1.29, 1.82) is 0 Å². The summed E-state index contributed by atoms with van der Waals surface area (Å²) in [6.07, 6.45) is 3.93. The van der Waals surface area contributed by atoms with E-state index < -0.39 is 0 Å². The van der Waals surface area contributed by atoms with Crippen LogP contribution in [0.1, 0.15) is 12.8 Å². The predicted octanol–water partition coefficient (Wildman–Crippen LogP) is 5.28. The van der Waals surface area contributed by atoms with Crippen LogP contribution in [0.15, 0.2) is 53.1 Å². The summed E-state index contributed by atoms with van der Waals surface area (Å²) >= 11 is 9.48. The van der Waals surface area contributed by atoms with Crippen LogP contribution in [0.25, 0.3) is 11.3 Å². The van der Waals surface area contributed by atoms with Crippen LogP contribution in [0, 0.1) is 0 Å². The van der Waals surface area contributed by atoms with Crippen LogP contribution in [-0.4, -0.2) is 35.0 Å². The second-order valence-corrected chi connectivity index (χ2v) is 8.64. The predicted molar refractivity (Wildman–Crippen MR) is 127 cm³/mol. The normalized spacial score (nSPS) is 16.0. The van der Waals surface area contributed by atoms with Gasteiger partial charge < -0.3 is 20.7 Å². The molecule has 0 bridgehead atoms. The molecule has 1 unspecified atom stereocenters. The number of aryl methyl sites for hydroxylation is 1. The van der Waals surface area contributed by atoms with Gasteiger partial charge in [0, 0.05) is 35.6 Å². The minimum Gasteiger partial charge on any atom is -0.488 e. The van der Waals surface area contributed by atoms with Gasteiger partial charge in [-0.25, -0.2) is 4.79 Å². The van der Waals surface area contributed by atoms with E-state index in [9.17, 15) is 4.79 Å². The van der Waals surface area contributed by atoms with Gasteiger partial charge in [0.25, 0.3) is 0 Å². The van der Waals surface area contributed by atoms with E-state index in [-0.39, 0.29) is 12.1 Å². The fourth-order valence-corrected chi connectivity index (χ4v) is 4.22. The Morgan fingerprint density at radius 2 is 1.97 bits per heavy atom. The molecular weight excluding hydrogens is 482 g/mol. The fraction of sp³-hybridized carbons (Fsp3) is 0.273. The number of nitrogens with one attached hydrogen (secondary N) is 3. The number of carbonyl (C=O) groups is 1. The summed E-state index contributed by atoms with van der Waals surface area (Å²) in [6, 6.07) is 12.2. The molecule has 1 aliphatic rings. The van der Waals surface area contributed by atoms with E-state index in [1.54, 1.807) is 35.1 Å². The minimum atomic E-state index is -0.345. The zero-order valence-electron chi connectivity index (χ0n) is 17.0. The highest BCUT2D eigenvalue weighted by Crippen LogP contribution is 2.37. The molecule has 1 aliphatic heterocycles. The number of piperidine rings is 1. The molecule has 0 aliphatic carbocycles. The summed E-state index contributed by atoms with van der Waals surface area (Å²) in [5.74, 6) is 0.752. The zero-order valence-corrected chi connectivity index (χ0v) is 19.3. The van der Waals surface area contributed by atoms with Crippen molar-refractivity contribution in [3.63, 3.8) is 0 Å². The molecule has 7 nitrogen and oxygen atoms in total. The van der Waals surface area contributed by atoms with E-state index in [4.69, 9.17) is 16.3 Å². The molecule has 1 atom stereocenters. The number of nitrogens with zero attached hydrogens (tertiary/aromatic N) is 2. The number of aromatic nitrogens is 2. The summed E-state index contributed by atoms with van der Waals surface area (Å²) in [7, 11) is 1.87. The Hall–Kier alpha value is -2.55. The second kappa shape index (κ2) is 9.72. The molecule has 1 fully saturated rings. The van der Waals surface area contributed by atoms with Crippen LogP contribution in [0.5, 0.6) is 5.75 Å². The minimum absolute atomic E-state index is 0.103. The number of anilines is 2. The molecule has 3 N–H and O–H groups in total. The van der Waals surface area contributed by atoms with Crippen molar-refractivity contribution in [2.24, 2.45) is 7.05 Å². The Morgan fingerprint density at radius 3 is 2.65 bits per heavy atom. The highest BCUT2D eigenvalue weighted by atomic mass is 79.9. The van der Waals surface area contributed by atoms with Crippen molar-refractivity contribution < 1.29 is 9.53 Å². The molecule has 31 heavy (non-hydrogen) atoms. The molecule has 2 aromatic carbocycles. The Kier molecular flexibility index (Phi) is 6.80. The van der Waals surface area contributed by atoms with Crippen LogP contribution < -0.4 is 20.7 Å². The highest BCUT2D eigenvalue weighted by molar-refractivity contribution is 9.10. The summed E-state index contributed by atoms with van der Waals surface area (Å²) in [6.45, 7) is 1.83. The summed E-state index contributed by atoms with van der Waals surface area (Å²) in [5.41, 5.74) is 3.02. The summed E-state index contributed by atoms with van der Waals surface area (Å²) in [4.78, 5) is 12.5. The van der Waals surface area contributed by atoms with Crippen molar-refractivity contribution >= 4 is 44.9 Å². The molecule has 1 aromatic heterocycles. The van der Waals surface area contributed by atoms with Gasteiger partial charge in [-0.1, -0.05) is 11.6 Å². The lowest BCUT2D eigenvalue weighted by molar-refractivity contribution is 0.168. The maximum Gasteiger partial charge on any atom is 0.323 e. The van der Waals surface area contributed by atoms with E-state index in [0.29, 0.717) is 16.4 Å². The lowest BCUT2D eigenvalue weighted by Gasteiger charge is -2.25. The van der Waals surface area contributed by atoms with Gasteiger partial charge in [-0.05, 0) is 77.8 Å². The third kappa shape index (κ3) is 5.39. The van der Waals surface area contributed by atoms with E-state index in [2.05, 4.69) is 37.0 Å². The molecule has 0 spiro atoms. The van der Waals surface area contributed by atoms with E-state index in [1.165, 1.54) is 0 Å². The number of hydrogen-bond donors (Lipinski definition) is 3. The third-order valence-electron chi connectivity index (χ3n) is 5.03. The average Bonchev–Trinajstić information content (AvgIpc) is 3.09. The monoisotopic (exact) mass is 503 g/mol. The molecule has 2 amide bonds. The molecule has 9 heteroatoms. The van der Waals surface area contributed by atoms with Crippen LogP contribution in [0.4, 0.5) is 16.2 Å². The lowest BCUT2D eigenvalue weighted by atomic mass is 10.1. The first-order valence-electron chi connectivity index (χ1n) is 10.0. The van der Waals surface area contributed by atoms with Gasteiger partial charge >= 0.3 is 6.03 Å². The number of hydrogen-bond acceptors (Lipinski definition) is 4. The van der Waals surface area contributed by atoms with Crippen LogP contribution in [0.2, 0.25) is 5.02 Å².